The molecule has 0 fully saturated rings. The molecule has 1 aromatic heterocycles. The number of hydrogen-bond acceptors (Lipinski definition) is 4. The highest BCUT2D eigenvalue weighted by atomic mass is 35.5. The zero-order valence-corrected chi connectivity index (χ0v) is 16.8. The zero-order chi connectivity index (χ0) is 19.9. The van der Waals surface area contributed by atoms with E-state index in [9.17, 15) is 4.79 Å². The lowest BCUT2D eigenvalue weighted by molar-refractivity contribution is -0.130. The van der Waals surface area contributed by atoms with Crippen molar-refractivity contribution in [1.29, 1.82) is 0 Å². The molecule has 0 N–H and O–H groups in total. The van der Waals surface area contributed by atoms with Gasteiger partial charge in [-0.05, 0) is 25.1 Å². The molecule has 0 radical (unpaired) electrons. The molecule has 0 atom stereocenters. The third-order valence-corrected chi connectivity index (χ3v) is 4.59. The summed E-state index contributed by atoms with van der Waals surface area (Å²) in [5.74, 6) is 1.99. The molecule has 2 aromatic carbocycles. The smallest absolute Gasteiger partial charge is 0.222 e. The van der Waals surface area contributed by atoms with Gasteiger partial charge in [0, 0.05) is 30.5 Å². The zero-order valence-electron chi connectivity index (χ0n) is 16.0. The average molecular weight is 399 g/mol. The molecule has 3 aromatic rings. The first-order chi connectivity index (χ1) is 13.5. The predicted molar refractivity (Wildman–Crippen MR) is 110 cm³/mol. The molecule has 0 aliphatic rings. The number of nitrogens with zero attached hydrogens (tertiary/aromatic N) is 2. The van der Waals surface area contributed by atoms with Crippen LogP contribution in [0.1, 0.15) is 17.9 Å². The van der Waals surface area contributed by atoms with Crippen LogP contribution in [0, 0.1) is 6.92 Å². The highest BCUT2D eigenvalue weighted by Crippen LogP contribution is 2.21. The number of carbonyl (C=O) groups is 1. The van der Waals surface area contributed by atoms with Gasteiger partial charge in [0.15, 0.2) is 11.7 Å². The number of ether oxygens (including phenoxy) is 1. The Hall–Kier alpha value is -2.79. The molecule has 28 heavy (non-hydrogen) atoms. The van der Waals surface area contributed by atoms with Crippen LogP contribution in [-0.4, -0.2) is 36.0 Å². The number of aromatic nitrogens is 1. The van der Waals surface area contributed by atoms with Crippen molar-refractivity contribution < 1.29 is 13.9 Å². The van der Waals surface area contributed by atoms with E-state index in [0.717, 1.165) is 5.56 Å². The van der Waals surface area contributed by atoms with E-state index in [-0.39, 0.29) is 5.91 Å². The van der Waals surface area contributed by atoms with Gasteiger partial charge in [0.25, 0.3) is 0 Å². The van der Waals surface area contributed by atoms with Crippen molar-refractivity contribution in [1.82, 2.24) is 9.88 Å². The van der Waals surface area contributed by atoms with E-state index in [1.165, 1.54) is 5.56 Å². The van der Waals surface area contributed by atoms with E-state index in [2.05, 4.69) is 4.98 Å². The van der Waals surface area contributed by atoms with Gasteiger partial charge >= 0.3 is 0 Å². The maximum atomic E-state index is 12.3. The van der Waals surface area contributed by atoms with Gasteiger partial charge < -0.3 is 14.1 Å². The fourth-order valence-corrected chi connectivity index (χ4v) is 2.84. The molecule has 0 saturated heterocycles. The van der Waals surface area contributed by atoms with E-state index in [0.29, 0.717) is 48.4 Å². The van der Waals surface area contributed by atoms with Gasteiger partial charge in [-0.25, -0.2) is 4.98 Å². The Bertz CT molecular complexity index is 922. The molecular weight excluding hydrogens is 376 g/mol. The summed E-state index contributed by atoms with van der Waals surface area (Å²) in [6.07, 6.45) is 2.50. The third kappa shape index (κ3) is 5.60. The number of oxazole rings is 1. The van der Waals surface area contributed by atoms with Crippen LogP contribution in [0.3, 0.4) is 0 Å². The number of amides is 1. The summed E-state index contributed by atoms with van der Waals surface area (Å²) in [7, 11) is 1.76. The Kier molecular flexibility index (Phi) is 6.71. The lowest BCUT2D eigenvalue weighted by Gasteiger charge is -2.17. The van der Waals surface area contributed by atoms with Crippen molar-refractivity contribution in [3.05, 3.63) is 71.2 Å². The Morgan fingerprint density at radius 1 is 1.21 bits per heavy atom. The summed E-state index contributed by atoms with van der Waals surface area (Å²) in [6, 6.07) is 15.3. The second-order valence-corrected chi connectivity index (χ2v) is 7.04. The first-order valence-corrected chi connectivity index (χ1v) is 9.53. The maximum Gasteiger partial charge on any atom is 0.222 e. The largest absolute Gasteiger partial charge is 0.492 e. The summed E-state index contributed by atoms with van der Waals surface area (Å²) in [5.41, 5.74) is 2.17. The minimum atomic E-state index is 0.0183. The highest BCUT2D eigenvalue weighted by Gasteiger charge is 2.12. The Morgan fingerprint density at radius 2 is 2.00 bits per heavy atom. The molecule has 0 spiro atoms. The van der Waals surface area contributed by atoms with Crippen molar-refractivity contribution in [2.45, 2.75) is 19.8 Å². The Labute approximate surface area is 169 Å². The molecule has 5 nitrogen and oxygen atoms in total. The molecule has 6 heteroatoms. The van der Waals surface area contributed by atoms with Crippen molar-refractivity contribution >= 4 is 17.5 Å². The molecule has 0 unspecified atom stereocenters. The SMILES string of the molecule is Cc1ccc(-c2cnc(CCC(=O)N(C)CCOc3cccc(Cl)c3)o2)cc1. The van der Waals surface area contributed by atoms with E-state index in [1.807, 2.05) is 43.3 Å². The second kappa shape index (κ2) is 9.42. The van der Waals surface area contributed by atoms with Crippen LogP contribution in [0.5, 0.6) is 5.75 Å². The molecule has 0 aliphatic carbocycles. The monoisotopic (exact) mass is 398 g/mol. The van der Waals surface area contributed by atoms with Gasteiger partial charge in [0.05, 0.1) is 12.7 Å². The fourth-order valence-electron chi connectivity index (χ4n) is 2.66. The molecule has 146 valence electrons. The van der Waals surface area contributed by atoms with Crippen molar-refractivity contribution in [3.63, 3.8) is 0 Å². The van der Waals surface area contributed by atoms with E-state index in [1.54, 1.807) is 30.3 Å². The molecule has 0 saturated carbocycles. The van der Waals surface area contributed by atoms with Crippen LogP contribution in [0.2, 0.25) is 5.02 Å². The predicted octanol–water partition coefficient (Wildman–Crippen LogP) is 4.77. The number of halogens is 1. The molecule has 0 aliphatic heterocycles. The van der Waals surface area contributed by atoms with Gasteiger partial charge in [-0.15, -0.1) is 0 Å². The van der Waals surface area contributed by atoms with Gasteiger partial charge in [0.2, 0.25) is 5.91 Å². The number of carbonyl (C=O) groups excluding carboxylic acids is 1. The topological polar surface area (TPSA) is 55.6 Å². The van der Waals surface area contributed by atoms with Gasteiger partial charge in [-0.1, -0.05) is 47.5 Å². The standard InChI is InChI=1S/C22H23ClN2O3/c1-16-6-8-17(9-7-16)20-15-24-21(28-20)10-11-22(26)25(2)12-13-27-19-5-3-4-18(23)14-19/h3-9,14-15H,10-13H2,1-2H3. The minimum Gasteiger partial charge on any atom is -0.492 e. The van der Waals surface area contributed by atoms with Gasteiger partial charge in [-0.3, -0.25) is 4.79 Å². The summed E-state index contributed by atoms with van der Waals surface area (Å²) < 4.78 is 11.4. The molecular formula is C22H23ClN2O3. The van der Waals surface area contributed by atoms with Crippen LogP contribution in [0.4, 0.5) is 0 Å². The quantitative estimate of drug-likeness (QED) is 0.548. The molecule has 3 rings (SSSR count). The molecule has 1 heterocycles. The molecule has 0 bridgehead atoms. The molecule has 1 amide bonds. The highest BCUT2D eigenvalue weighted by molar-refractivity contribution is 6.30. The first kappa shape index (κ1) is 20.0. The van der Waals surface area contributed by atoms with Gasteiger partial charge in [-0.2, -0.15) is 0 Å². The van der Waals surface area contributed by atoms with Crippen LogP contribution in [0.25, 0.3) is 11.3 Å². The van der Waals surface area contributed by atoms with Crippen LogP contribution in [0.15, 0.2) is 59.1 Å². The van der Waals surface area contributed by atoms with E-state index in [4.69, 9.17) is 20.8 Å². The van der Waals surface area contributed by atoms with Crippen LogP contribution < -0.4 is 4.74 Å². The lowest BCUT2D eigenvalue weighted by atomic mass is 10.1. The number of benzene rings is 2. The number of hydrogen-bond donors (Lipinski definition) is 0. The number of rotatable bonds is 8. The second-order valence-electron chi connectivity index (χ2n) is 6.61. The number of aryl methyl sites for hydroxylation is 2. The third-order valence-electron chi connectivity index (χ3n) is 4.36. The van der Waals surface area contributed by atoms with E-state index >= 15 is 0 Å². The summed E-state index contributed by atoms with van der Waals surface area (Å²) in [5, 5.41) is 0.623. The van der Waals surface area contributed by atoms with Crippen LogP contribution >= 0.6 is 11.6 Å². The summed E-state index contributed by atoms with van der Waals surface area (Å²) in [4.78, 5) is 18.2. The lowest BCUT2D eigenvalue weighted by Crippen LogP contribution is -2.31. The van der Waals surface area contributed by atoms with Crippen molar-refractivity contribution in [3.8, 4) is 17.1 Å². The van der Waals surface area contributed by atoms with Crippen molar-refractivity contribution in [2.24, 2.45) is 0 Å². The van der Waals surface area contributed by atoms with E-state index < -0.39 is 0 Å². The Morgan fingerprint density at radius 3 is 2.75 bits per heavy atom. The van der Waals surface area contributed by atoms with Crippen LogP contribution in [-0.2, 0) is 11.2 Å². The average Bonchev–Trinajstić information content (AvgIpc) is 3.15. The van der Waals surface area contributed by atoms with Crippen molar-refractivity contribution in [2.75, 3.05) is 20.2 Å². The Balaban J connectivity index is 1.44. The summed E-state index contributed by atoms with van der Waals surface area (Å²) >= 11 is 5.92. The fraction of sp³-hybridized carbons (Fsp3) is 0.273. The maximum absolute atomic E-state index is 12.3. The summed E-state index contributed by atoms with van der Waals surface area (Å²) in [6.45, 7) is 2.93. The first-order valence-electron chi connectivity index (χ1n) is 9.15. The van der Waals surface area contributed by atoms with Gasteiger partial charge in [0.1, 0.15) is 12.4 Å². The normalized spacial score (nSPS) is 10.7. The number of likely N-dealkylation sites (N-methyl/N-ethyl adjacent to an activating group) is 1. The minimum absolute atomic E-state index is 0.0183.